The molecule has 0 aliphatic rings. The molecule has 0 atom stereocenters. The number of nitrogens with zero attached hydrogens (tertiary/aromatic N) is 1. The lowest BCUT2D eigenvalue weighted by Gasteiger charge is -2.07. The van der Waals surface area contributed by atoms with Gasteiger partial charge >= 0.3 is 5.97 Å². The van der Waals surface area contributed by atoms with Gasteiger partial charge in [-0.05, 0) is 29.8 Å². The van der Waals surface area contributed by atoms with Gasteiger partial charge in [-0.25, -0.2) is 4.98 Å². The van der Waals surface area contributed by atoms with E-state index in [0.29, 0.717) is 0 Å². The van der Waals surface area contributed by atoms with E-state index in [2.05, 4.69) is 15.3 Å². The highest BCUT2D eigenvalue weighted by Gasteiger charge is 2.03. The summed E-state index contributed by atoms with van der Waals surface area (Å²) in [6.45, 7) is 0. The van der Waals surface area contributed by atoms with Crippen molar-refractivity contribution in [2.75, 3.05) is 5.32 Å². The molecule has 20 heavy (non-hydrogen) atoms. The van der Waals surface area contributed by atoms with Crippen LogP contribution in [0.1, 0.15) is 5.56 Å². The minimum absolute atomic E-state index is 0.0185. The van der Waals surface area contributed by atoms with Gasteiger partial charge in [0.15, 0.2) is 0 Å². The quantitative estimate of drug-likeness (QED) is 0.679. The zero-order valence-corrected chi connectivity index (χ0v) is 10.6. The lowest BCUT2D eigenvalue weighted by atomic mass is 10.1. The summed E-state index contributed by atoms with van der Waals surface area (Å²) in [5.41, 5.74) is 3.32. The van der Waals surface area contributed by atoms with Crippen LogP contribution in [0.3, 0.4) is 0 Å². The van der Waals surface area contributed by atoms with E-state index in [0.717, 1.165) is 28.0 Å². The number of rotatable bonds is 4. The first-order valence-corrected chi connectivity index (χ1v) is 6.21. The van der Waals surface area contributed by atoms with E-state index in [1.807, 2.05) is 36.5 Å². The summed E-state index contributed by atoms with van der Waals surface area (Å²) < 4.78 is 0. The maximum absolute atomic E-state index is 10.7. The number of hydrogen-bond acceptors (Lipinski definition) is 3. The van der Waals surface area contributed by atoms with Gasteiger partial charge in [0.1, 0.15) is 5.65 Å². The summed E-state index contributed by atoms with van der Waals surface area (Å²) in [5.74, 6) is -0.836. The zero-order chi connectivity index (χ0) is 13.9. The number of fused-ring (bicyclic) bond motifs is 1. The van der Waals surface area contributed by atoms with Gasteiger partial charge < -0.3 is 15.4 Å². The van der Waals surface area contributed by atoms with Gasteiger partial charge in [-0.2, -0.15) is 0 Å². The Bertz CT molecular complexity index is 764. The van der Waals surface area contributed by atoms with Crippen molar-refractivity contribution in [2.24, 2.45) is 0 Å². The monoisotopic (exact) mass is 267 g/mol. The van der Waals surface area contributed by atoms with Crippen LogP contribution in [-0.2, 0) is 11.2 Å². The molecule has 3 rings (SSSR count). The maximum Gasteiger partial charge on any atom is 0.307 e. The van der Waals surface area contributed by atoms with Crippen molar-refractivity contribution in [3.63, 3.8) is 0 Å². The number of carboxylic acid groups (broad SMARTS) is 1. The van der Waals surface area contributed by atoms with Crippen LogP contribution in [0.4, 0.5) is 11.4 Å². The molecule has 1 aromatic carbocycles. The Morgan fingerprint density at radius 1 is 1.25 bits per heavy atom. The Morgan fingerprint density at radius 3 is 3.00 bits per heavy atom. The largest absolute Gasteiger partial charge is 0.481 e. The van der Waals surface area contributed by atoms with E-state index in [9.17, 15) is 4.79 Å². The van der Waals surface area contributed by atoms with Crippen molar-refractivity contribution in [2.45, 2.75) is 6.42 Å². The molecule has 2 heterocycles. The minimum Gasteiger partial charge on any atom is -0.481 e. The highest BCUT2D eigenvalue weighted by Crippen LogP contribution is 2.20. The van der Waals surface area contributed by atoms with Crippen molar-refractivity contribution in [1.29, 1.82) is 0 Å². The zero-order valence-electron chi connectivity index (χ0n) is 10.6. The van der Waals surface area contributed by atoms with Crippen LogP contribution in [0.15, 0.2) is 48.8 Å². The fourth-order valence-electron chi connectivity index (χ4n) is 2.11. The average molecular weight is 267 g/mol. The van der Waals surface area contributed by atoms with E-state index in [4.69, 9.17) is 5.11 Å². The van der Waals surface area contributed by atoms with Crippen LogP contribution >= 0.6 is 0 Å². The molecule has 2 aromatic heterocycles. The molecule has 0 aliphatic heterocycles. The summed E-state index contributed by atoms with van der Waals surface area (Å²) in [6, 6.07) is 11.3. The van der Waals surface area contributed by atoms with Crippen LogP contribution in [0.25, 0.3) is 11.0 Å². The van der Waals surface area contributed by atoms with Crippen molar-refractivity contribution < 1.29 is 9.90 Å². The van der Waals surface area contributed by atoms with Crippen molar-refractivity contribution in [3.05, 3.63) is 54.4 Å². The predicted octanol–water partition coefficient (Wildman–Crippen LogP) is 2.93. The van der Waals surface area contributed by atoms with Gasteiger partial charge in [-0.15, -0.1) is 0 Å². The third-order valence-corrected chi connectivity index (χ3v) is 2.97. The molecule has 0 spiro atoms. The average Bonchev–Trinajstić information content (AvgIpc) is 2.85. The number of anilines is 2. The smallest absolute Gasteiger partial charge is 0.307 e. The first-order valence-electron chi connectivity index (χ1n) is 6.21. The highest BCUT2D eigenvalue weighted by molar-refractivity contribution is 5.80. The topological polar surface area (TPSA) is 78.0 Å². The SMILES string of the molecule is O=C(O)Cc1cccc(Nc2cnc3[nH]ccc3c2)c1. The summed E-state index contributed by atoms with van der Waals surface area (Å²) in [6.07, 6.45) is 3.60. The second kappa shape index (κ2) is 5.05. The molecule has 0 radical (unpaired) electrons. The van der Waals surface area contributed by atoms with Gasteiger partial charge in [0.25, 0.3) is 0 Å². The first-order chi connectivity index (χ1) is 9.70. The van der Waals surface area contributed by atoms with E-state index >= 15 is 0 Å². The van der Waals surface area contributed by atoms with Crippen LogP contribution < -0.4 is 5.32 Å². The molecule has 0 saturated heterocycles. The third kappa shape index (κ3) is 2.61. The molecule has 5 heteroatoms. The predicted molar refractivity (Wildman–Crippen MR) is 77.2 cm³/mol. The Kier molecular flexibility index (Phi) is 3.09. The van der Waals surface area contributed by atoms with E-state index < -0.39 is 5.97 Å². The fraction of sp³-hybridized carbons (Fsp3) is 0.0667. The maximum atomic E-state index is 10.7. The van der Waals surface area contributed by atoms with E-state index in [-0.39, 0.29) is 6.42 Å². The van der Waals surface area contributed by atoms with Gasteiger partial charge in [-0.1, -0.05) is 12.1 Å². The number of nitrogens with one attached hydrogen (secondary N) is 2. The number of H-pyrrole nitrogens is 1. The number of carbonyl (C=O) groups is 1. The van der Waals surface area contributed by atoms with Gasteiger partial charge in [0, 0.05) is 17.3 Å². The molecule has 3 aromatic rings. The van der Waals surface area contributed by atoms with Crippen molar-refractivity contribution in [1.82, 2.24) is 9.97 Å². The standard InChI is InChI=1S/C15H13N3O2/c19-14(20)7-10-2-1-3-12(6-10)18-13-8-11-4-5-16-15(11)17-9-13/h1-6,8-9,18H,7H2,(H,16,17)(H,19,20). The fourth-order valence-corrected chi connectivity index (χ4v) is 2.11. The Hall–Kier alpha value is -2.82. The Labute approximate surface area is 115 Å². The van der Waals surface area contributed by atoms with E-state index in [1.165, 1.54) is 0 Å². The lowest BCUT2D eigenvalue weighted by molar-refractivity contribution is -0.136. The number of pyridine rings is 1. The number of aliphatic carboxylic acids is 1. The molecule has 5 nitrogen and oxygen atoms in total. The normalized spacial score (nSPS) is 10.6. The van der Waals surface area contributed by atoms with Crippen molar-refractivity contribution >= 4 is 28.4 Å². The second-order valence-electron chi connectivity index (χ2n) is 4.54. The number of hydrogen-bond donors (Lipinski definition) is 3. The summed E-state index contributed by atoms with van der Waals surface area (Å²) in [4.78, 5) is 18.1. The molecular formula is C15H13N3O2. The minimum atomic E-state index is -0.836. The second-order valence-corrected chi connectivity index (χ2v) is 4.54. The summed E-state index contributed by atoms with van der Waals surface area (Å²) in [7, 11) is 0. The summed E-state index contributed by atoms with van der Waals surface area (Å²) >= 11 is 0. The van der Waals surface area contributed by atoms with Crippen LogP contribution in [0, 0.1) is 0 Å². The van der Waals surface area contributed by atoms with Crippen molar-refractivity contribution in [3.8, 4) is 0 Å². The first kappa shape index (κ1) is 12.2. The van der Waals surface area contributed by atoms with Gasteiger partial charge in [0.05, 0.1) is 18.3 Å². The van der Waals surface area contributed by atoms with Crippen LogP contribution in [0.2, 0.25) is 0 Å². The third-order valence-electron chi connectivity index (χ3n) is 2.97. The van der Waals surface area contributed by atoms with Gasteiger partial charge in [0.2, 0.25) is 0 Å². The molecule has 3 N–H and O–H groups in total. The van der Waals surface area contributed by atoms with Crippen LogP contribution in [0.5, 0.6) is 0 Å². The molecule has 0 saturated carbocycles. The molecule has 100 valence electrons. The number of aromatic amines is 1. The van der Waals surface area contributed by atoms with Gasteiger partial charge in [-0.3, -0.25) is 4.79 Å². The lowest BCUT2D eigenvalue weighted by Crippen LogP contribution is -2.00. The Morgan fingerprint density at radius 2 is 2.15 bits per heavy atom. The molecule has 0 bridgehead atoms. The van der Waals surface area contributed by atoms with Crippen LogP contribution in [-0.4, -0.2) is 21.0 Å². The number of benzene rings is 1. The number of carboxylic acids is 1. The molecule has 0 unspecified atom stereocenters. The molecule has 0 aliphatic carbocycles. The summed E-state index contributed by atoms with van der Waals surface area (Å²) in [5, 5.41) is 13.1. The highest BCUT2D eigenvalue weighted by atomic mass is 16.4. The number of aromatic nitrogens is 2. The molecule has 0 amide bonds. The molecule has 0 fully saturated rings. The van der Waals surface area contributed by atoms with E-state index in [1.54, 1.807) is 12.3 Å². The Balaban J connectivity index is 1.84. The molecular weight excluding hydrogens is 254 g/mol.